The minimum absolute atomic E-state index is 0.0155. The van der Waals surface area contributed by atoms with Crippen molar-refractivity contribution in [3.05, 3.63) is 54.1 Å². The van der Waals surface area contributed by atoms with E-state index in [0.29, 0.717) is 24.5 Å². The van der Waals surface area contributed by atoms with E-state index in [4.69, 9.17) is 9.47 Å². The molecule has 1 N–H and O–H groups in total. The summed E-state index contributed by atoms with van der Waals surface area (Å²) in [7, 11) is 1.59. The average Bonchev–Trinajstić information content (AvgIpc) is 3.08. The van der Waals surface area contributed by atoms with E-state index >= 15 is 0 Å². The molecule has 0 radical (unpaired) electrons. The summed E-state index contributed by atoms with van der Waals surface area (Å²) in [6.45, 7) is 3.22. The van der Waals surface area contributed by atoms with Crippen molar-refractivity contribution in [1.82, 2.24) is 5.32 Å². The fourth-order valence-corrected chi connectivity index (χ4v) is 3.14. The van der Waals surface area contributed by atoms with Crippen LogP contribution in [-0.2, 0) is 4.79 Å². The number of hydrogen-bond acceptors (Lipinski definition) is 4. The molecule has 0 saturated carbocycles. The van der Waals surface area contributed by atoms with E-state index in [1.54, 1.807) is 36.3 Å². The SMILES string of the molecule is CCCCOc1ccc(C(=O)NC2CC(=O)N(c3cccc(OC)c3)C2)cc1. The van der Waals surface area contributed by atoms with E-state index in [9.17, 15) is 9.59 Å². The van der Waals surface area contributed by atoms with Crippen LogP contribution < -0.4 is 19.7 Å². The summed E-state index contributed by atoms with van der Waals surface area (Å²) in [5, 5.41) is 2.95. The predicted molar refractivity (Wildman–Crippen MR) is 108 cm³/mol. The molecule has 0 spiro atoms. The molecule has 6 heteroatoms. The van der Waals surface area contributed by atoms with Crippen molar-refractivity contribution in [3.63, 3.8) is 0 Å². The van der Waals surface area contributed by atoms with Gasteiger partial charge in [0.05, 0.1) is 19.8 Å². The van der Waals surface area contributed by atoms with Crippen LogP contribution >= 0.6 is 0 Å². The number of unbranched alkanes of at least 4 members (excludes halogenated alkanes) is 1. The molecular weight excluding hydrogens is 356 g/mol. The van der Waals surface area contributed by atoms with Gasteiger partial charge in [-0.25, -0.2) is 0 Å². The quantitative estimate of drug-likeness (QED) is 0.711. The van der Waals surface area contributed by atoms with Crippen molar-refractivity contribution in [2.45, 2.75) is 32.2 Å². The molecule has 1 aliphatic rings. The number of nitrogens with zero attached hydrogens (tertiary/aromatic N) is 1. The maximum atomic E-state index is 12.5. The van der Waals surface area contributed by atoms with Crippen molar-refractivity contribution in [1.29, 1.82) is 0 Å². The number of benzene rings is 2. The highest BCUT2D eigenvalue weighted by Crippen LogP contribution is 2.25. The number of anilines is 1. The first-order valence-electron chi connectivity index (χ1n) is 9.59. The predicted octanol–water partition coefficient (Wildman–Crippen LogP) is 3.41. The monoisotopic (exact) mass is 382 g/mol. The third-order valence-electron chi connectivity index (χ3n) is 4.71. The molecule has 0 aromatic heterocycles. The first-order valence-corrected chi connectivity index (χ1v) is 9.59. The molecule has 0 aliphatic carbocycles. The molecule has 0 bridgehead atoms. The van der Waals surface area contributed by atoms with E-state index in [1.165, 1.54) is 0 Å². The smallest absolute Gasteiger partial charge is 0.251 e. The van der Waals surface area contributed by atoms with Crippen LogP contribution in [-0.4, -0.2) is 38.1 Å². The van der Waals surface area contributed by atoms with Gasteiger partial charge in [0, 0.05) is 30.3 Å². The Balaban J connectivity index is 1.58. The molecule has 1 unspecified atom stereocenters. The Morgan fingerprint density at radius 3 is 2.68 bits per heavy atom. The van der Waals surface area contributed by atoms with Crippen LogP contribution in [0.1, 0.15) is 36.5 Å². The lowest BCUT2D eigenvalue weighted by atomic mass is 10.2. The van der Waals surface area contributed by atoms with Crippen LogP contribution in [0.15, 0.2) is 48.5 Å². The fraction of sp³-hybridized carbons (Fsp3) is 0.364. The Morgan fingerprint density at radius 2 is 1.96 bits per heavy atom. The van der Waals surface area contributed by atoms with Gasteiger partial charge in [-0.3, -0.25) is 9.59 Å². The summed E-state index contributed by atoms with van der Waals surface area (Å²) >= 11 is 0. The minimum Gasteiger partial charge on any atom is -0.497 e. The topological polar surface area (TPSA) is 67.9 Å². The van der Waals surface area contributed by atoms with Crippen molar-refractivity contribution in [2.75, 3.05) is 25.2 Å². The number of hydrogen-bond donors (Lipinski definition) is 1. The molecule has 3 rings (SSSR count). The van der Waals surface area contributed by atoms with E-state index in [-0.39, 0.29) is 24.3 Å². The molecule has 1 heterocycles. The maximum Gasteiger partial charge on any atom is 0.251 e. The van der Waals surface area contributed by atoms with Gasteiger partial charge >= 0.3 is 0 Å². The summed E-state index contributed by atoms with van der Waals surface area (Å²) in [5.74, 6) is 1.24. The van der Waals surface area contributed by atoms with Gasteiger partial charge in [0.2, 0.25) is 5.91 Å². The summed E-state index contributed by atoms with van der Waals surface area (Å²) in [4.78, 5) is 26.6. The molecule has 1 aliphatic heterocycles. The van der Waals surface area contributed by atoms with Crippen molar-refractivity contribution in [2.24, 2.45) is 0 Å². The summed E-state index contributed by atoms with van der Waals surface area (Å²) < 4.78 is 10.8. The summed E-state index contributed by atoms with van der Waals surface area (Å²) in [5.41, 5.74) is 1.32. The van der Waals surface area contributed by atoms with Crippen LogP contribution in [0.25, 0.3) is 0 Å². The lowest BCUT2D eigenvalue weighted by Gasteiger charge is -2.18. The molecule has 1 fully saturated rings. The highest BCUT2D eigenvalue weighted by molar-refractivity contribution is 5.99. The van der Waals surface area contributed by atoms with Crippen molar-refractivity contribution in [3.8, 4) is 11.5 Å². The van der Waals surface area contributed by atoms with Crippen LogP contribution in [0.5, 0.6) is 11.5 Å². The second-order valence-corrected chi connectivity index (χ2v) is 6.81. The number of ether oxygens (including phenoxy) is 2. The van der Waals surface area contributed by atoms with Crippen molar-refractivity contribution < 1.29 is 19.1 Å². The Kier molecular flexibility index (Phi) is 6.53. The number of carbonyl (C=O) groups is 2. The molecule has 148 valence electrons. The first kappa shape index (κ1) is 19.7. The van der Waals surface area contributed by atoms with Crippen LogP contribution in [0, 0.1) is 0 Å². The van der Waals surface area contributed by atoms with E-state index in [1.807, 2.05) is 24.3 Å². The lowest BCUT2D eigenvalue weighted by molar-refractivity contribution is -0.117. The molecule has 1 atom stereocenters. The highest BCUT2D eigenvalue weighted by atomic mass is 16.5. The standard InChI is InChI=1S/C22H26N2O4/c1-3-4-12-28-19-10-8-16(9-11-19)22(26)23-17-13-21(25)24(15-17)18-6-5-7-20(14-18)27-2/h5-11,14,17H,3-4,12-13,15H2,1-2H3,(H,23,26). The zero-order chi connectivity index (χ0) is 19.9. The summed E-state index contributed by atoms with van der Waals surface area (Å²) in [6.07, 6.45) is 2.36. The van der Waals surface area contributed by atoms with E-state index < -0.39 is 0 Å². The average molecular weight is 382 g/mol. The lowest BCUT2D eigenvalue weighted by Crippen LogP contribution is -2.37. The Morgan fingerprint density at radius 1 is 1.18 bits per heavy atom. The van der Waals surface area contributed by atoms with Gasteiger partial charge < -0.3 is 19.7 Å². The van der Waals surface area contributed by atoms with E-state index in [2.05, 4.69) is 12.2 Å². The van der Waals surface area contributed by atoms with Crippen LogP contribution in [0.4, 0.5) is 5.69 Å². The molecule has 1 saturated heterocycles. The molecular formula is C22H26N2O4. The number of nitrogens with one attached hydrogen (secondary N) is 1. The number of amides is 2. The Labute approximate surface area is 165 Å². The number of methoxy groups -OCH3 is 1. The second-order valence-electron chi connectivity index (χ2n) is 6.81. The fourth-order valence-electron chi connectivity index (χ4n) is 3.14. The highest BCUT2D eigenvalue weighted by Gasteiger charge is 2.31. The number of carbonyl (C=O) groups excluding carboxylic acids is 2. The second kappa shape index (κ2) is 9.26. The number of rotatable bonds is 8. The largest absolute Gasteiger partial charge is 0.497 e. The van der Waals surface area contributed by atoms with Gasteiger partial charge in [0.25, 0.3) is 5.91 Å². The molecule has 6 nitrogen and oxygen atoms in total. The maximum absolute atomic E-state index is 12.5. The van der Waals surface area contributed by atoms with Gasteiger partial charge in [-0.1, -0.05) is 19.4 Å². The van der Waals surface area contributed by atoms with Crippen LogP contribution in [0.3, 0.4) is 0 Å². The molecule has 2 aromatic rings. The minimum atomic E-state index is -0.230. The third kappa shape index (κ3) is 4.82. The van der Waals surface area contributed by atoms with Gasteiger partial charge in [-0.05, 0) is 42.8 Å². The normalized spacial score (nSPS) is 16.1. The van der Waals surface area contributed by atoms with Gasteiger partial charge in [0.15, 0.2) is 0 Å². The molecule has 2 aromatic carbocycles. The summed E-state index contributed by atoms with van der Waals surface area (Å²) in [6, 6.07) is 14.2. The van der Waals surface area contributed by atoms with E-state index in [0.717, 1.165) is 24.3 Å². The zero-order valence-electron chi connectivity index (χ0n) is 16.3. The van der Waals surface area contributed by atoms with Gasteiger partial charge in [0.1, 0.15) is 11.5 Å². The third-order valence-corrected chi connectivity index (χ3v) is 4.71. The van der Waals surface area contributed by atoms with Gasteiger partial charge in [-0.15, -0.1) is 0 Å². The molecule has 2 amide bonds. The zero-order valence-corrected chi connectivity index (χ0v) is 16.3. The first-order chi connectivity index (χ1) is 13.6. The van der Waals surface area contributed by atoms with Crippen molar-refractivity contribution >= 4 is 17.5 Å². The van der Waals surface area contributed by atoms with Crippen LogP contribution in [0.2, 0.25) is 0 Å². The Bertz CT molecular complexity index is 820. The molecule has 28 heavy (non-hydrogen) atoms. The van der Waals surface area contributed by atoms with Gasteiger partial charge in [-0.2, -0.15) is 0 Å². The Hall–Kier alpha value is -3.02.